The number of phosphoric acid groups is 1. The number of unbranched alkanes of at least 4 members (excludes halogenated alkanes) is 23. The maximum atomic E-state index is 13.0. The summed E-state index contributed by atoms with van der Waals surface area (Å²) in [7, 11) is 1.53. The molecule has 0 saturated heterocycles. The predicted octanol–water partition coefficient (Wildman–Crippen LogP) is 17.0. The normalized spacial score (nSPS) is 14.7. The number of aliphatic hydroxyl groups excluding tert-OH is 1. The summed E-state index contributed by atoms with van der Waals surface area (Å²) in [4.78, 5) is 23.3. The molecule has 1 amide bonds. The van der Waals surface area contributed by atoms with Gasteiger partial charge in [-0.15, -0.1) is 0 Å². The lowest BCUT2D eigenvalue weighted by Crippen LogP contribution is -2.45. The SMILES string of the molecule is CC/C=C\C/C=C\C/C=C\C/C=C\C/C=C\CCCCCCCCCC(=O)NC(COP(=O)(O)OCC[N+](C)(C)C)C(O)/C=C/CC/C=C/CC/C=C/CCCCCCCCCCCCCCCC. The van der Waals surface area contributed by atoms with Gasteiger partial charge in [0.2, 0.25) is 5.91 Å². The number of rotatable bonds is 50. The summed E-state index contributed by atoms with van der Waals surface area (Å²) in [6.07, 6.45) is 72.2. The van der Waals surface area contributed by atoms with Crippen molar-refractivity contribution in [2.24, 2.45) is 0 Å². The number of hydrogen-bond donors (Lipinski definition) is 3. The Hall–Kier alpha value is -2.58. The quantitative estimate of drug-likeness (QED) is 0.0243. The molecule has 3 atom stereocenters. The van der Waals surface area contributed by atoms with E-state index in [1.807, 2.05) is 27.2 Å². The largest absolute Gasteiger partial charge is 0.472 e. The second kappa shape index (κ2) is 50.4. The molecule has 0 bridgehead atoms. The molecule has 0 aromatic heterocycles. The van der Waals surface area contributed by atoms with Crippen molar-refractivity contribution in [1.82, 2.24) is 5.32 Å². The zero-order valence-electron chi connectivity index (χ0n) is 45.3. The lowest BCUT2D eigenvalue weighted by atomic mass is 10.0. The van der Waals surface area contributed by atoms with Crippen LogP contribution in [0.4, 0.5) is 0 Å². The van der Waals surface area contributed by atoms with Crippen molar-refractivity contribution >= 4 is 13.7 Å². The Bertz CT molecular complexity index is 1440. The van der Waals surface area contributed by atoms with Crippen LogP contribution in [0, 0.1) is 0 Å². The molecule has 0 radical (unpaired) electrons. The Labute approximate surface area is 426 Å². The molecule has 0 aliphatic carbocycles. The van der Waals surface area contributed by atoms with Gasteiger partial charge >= 0.3 is 7.82 Å². The van der Waals surface area contributed by atoms with Gasteiger partial charge in [0.25, 0.3) is 0 Å². The molecular formula is C60H108N2O6P+. The summed E-state index contributed by atoms with van der Waals surface area (Å²) >= 11 is 0. The van der Waals surface area contributed by atoms with E-state index in [2.05, 4.69) is 104 Å². The van der Waals surface area contributed by atoms with Crippen molar-refractivity contribution in [3.05, 3.63) is 97.2 Å². The van der Waals surface area contributed by atoms with Crippen LogP contribution < -0.4 is 5.32 Å². The van der Waals surface area contributed by atoms with E-state index in [0.717, 1.165) is 89.9 Å². The molecule has 0 aromatic rings. The Balaban J connectivity index is 4.37. The Morgan fingerprint density at radius 3 is 1.33 bits per heavy atom. The fourth-order valence-corrected chi connectivity index (χ4v) is 8.37. The van der Waals surface area contributed by atoms with Crippen LogP contribution in [0.15, 0.2) is 97.2 Å². The van der Waals surface area contributed by atoms with Crippen molar-refractivity contribution in [3.8, 4) is 0 Å². The van der Waals surface area contributed by atoms with Crippen molar-refractivity contribution in [3.63, 3.8) is 0 Å². The van der Waals surface area contributed by atoms with E-state index >= 15 is 0 Å². The lowest BCUT2D eigenvalue weighted by molar-refractivity contribution is -0.870. The van der Waals surface area contributed by atoms with Gasteiger partial charge in [-0.1, -0.05) is 227 Å². The summed E-state index contributed by atoms with van der Waals surface area (Å²) in [5.41, 5.74) is 0. The lowest BCUT2D eigenvalue weighted by Gasteiger charge is -2.25. The molecule has 0 spiro atoms. The highest BCUT2D eigenvalue weighted by molar-refractivity contribution is 7.47. The number of nitrogens with one attached hydrogen (secondary N) is 1. The van der Waals surface area contributed by atoms with Crippen LogP contribution in [0.5, 0.6) is 0 Å². The number of hydrogen-bond acceptors (Lipinski definition) is 5. The van der Waals surface area contributed by atoms with Gasteiger partial charge in [-0.05, 0) is 89.9 Å². The average Bonchev–Trinajstić information content (AvgIpc) is 3.31. The number of amides is 1. The summed E-state index contributed by atoms with van der Waals surface area (Å²) in [6, 6.07) is -0.883. The monoisotopic (exact) mass is 984 g/mol. The van der Waals surface area contributed by atoms with Crippen LogP contribution in [0.3, 0.4) is 0 Å². The highest BCUT2D eigenvalue weighted by Crippen LogP contribution is 2.43. The molecule has 0 aliphatic heterocycles. The number of aliphatic hydroxyl groups is 1. The number of carbonyl (C=O) groups is 1. The molecule has 398 valence electrons. The molecule has 0 aromatic carbocycles. The second-order valence-corrected chi connectivity index (χ2v) is 21.4. The zero-order chi connectivity index (χ0) is 50.6. The van der Waals surface area contributed by atoms with E-state index in [9.17, 15) is 19.4 Å². The molecule has 0 aliphatic rings. The van der Waals surface area contributed by atoms with Crippen LogP contribution in [0.25, 0.3) is 0 Å². The average molecular weight is 985 g/mol. The van der Waals surface area contributed by atoms with Crippen molar-refractivity contribution in [2.75, 3.05) is 40.9 Å². The predicted molar refractivity (Wildman–Crippen MR) is 299 cm³/mol. The number of carbonyl (C=O) groups excluding carboxylic acids is 1. The highest BCUT2D eigenvalue weighted by atomic mass is 31.2. The molecule has 9 heteroatoms. The van der Waals surface area contributed by atoms with Gasteiger partial charge in [0.1, 0.15) is 13.2 Å². The molecule has 0 saturated carbocycles. The first-order chi connectivity index (χ1) is 33.5. The molecule has 3 unspecified atom stereocenters. The summed E-state index contributed by atoms with van der Waals surface area (Å²) < 4.78 is 23.7. The molecule has 0 heterocycles. The maximum absolute atomic E-state index is 13.0. The first-order valence-corrected chi connectivity index (χ1v) is 29.6. The van der Waals surface area contributed by atoms with Gasteiger partial charge in [-0.2, -0.15) is 0 Å². The Kier molecular flexibility index (Phi) is 48.5. The third-order valence-electron chi connectivity index (χ3n) is 12.0. The summed E-state index contributed by atoms with van der Waals surface area (Å²) in [5.74, 6) is -0.205. The number of allylic oxidation sites excluding steroid dienone is 15. The fourth-order valence-electron chi connectivity index (χ4n) is 7.63. The molecular weight excluding hydrogens is 876 g/mol. The third kappa shape index (κ3) is 53.1. The van der Waals surface area contributed by atoms with Crippen molar-refractivity contribution in [2.45, 2.75) is 238 Å². The van der Waals surface area contributed by atoms with Gasteiger partial charge in [0, 0.05) is 6.42 Å². The summed E-state index contributed by atoms with van der Waals surface area (Å²) in [6.45, 7) is 4.66. The van der Waals surface area contributed by atoms with E-state index in [1.165, 1.54) is 116 Å². The minimum atomic E-state index is -4.37. The molecule has 3 N–H and O–H groups in total. The van der Waals surface area contributed by atoms with Crippen LogP contribution in [0.2, 0.25) is 0 Å². The van der Waals surface area contributed by atoms with Crippen LogP contribution in [-0.2, 0) is 18.4 Å². The highest BCUT2D eigenvalue weighted by Gasteiger charge is 2.27. The number of phosphoric ester groups is 1. The molecule has 0 rings (SSSR count). The topological polar surface area (TPSA) is 105 Å². The van der Waals surface area contributed by atoms with Gasteiger partial charge in [-0.25, -0.2) is 4.57 Å². The number of nitrogens with zero attached hydrogens (tertiary/aromatic N) is 1. The number of quaternary nitrogens is 1. The zero-order valence-corrected chi connectivity index (χ0v) is 46.2. The molecule has 0 fully saturated rings. The fraction of sp³-hybridized carbons (Fsp3) is 0.717. The first-order valence-electron chi connectivity index (χ1n) is 28.1. The standard InChI is InChI=1S/C60H107N2O6P/c1-6-8-10-12-14-16-18-20-22-24-26-28-30-32-33-35-37-39-41-43-45-47-49-51-53-59(63)58(57-68-69(65,66)67-56-55-62(3,4)5)61-60(64)54-52-50-48-46-44-42-40-38-36-34-31-29-27-25-23-21-19-17-15-13-11-9-7-2/h9,11,15,17,21,23,27,29,34-37,43,45,51,53,58-59,63H,6-8,10,12-14,16,18-20,22,24-26,28,30-33,38-42,44,46-50,52,54-57H2,1-5H3,(H-,61,64,65,66)/p+1/b11-9-,17-15-,23-21-,29-27-,36-34-,37-35+,45-43+,53-51+. The maximum Gasteiger partial charge on any atom is 0.472 e. The molecule has 69 heavy (non-hydrogen) atoms. The minimum absolute atomic E-state index is 0.0460. The van der Waals surface area contributed by atoms with Gasteiger partial charge < -0.3 is 19.8 Å². The smallest absolute Gasteiger partial charge is 0.387 e. The molecule has 8 nitrogen and oxygen atoms in total. The Morgan fingerprint density at radius 1 is 0.507 bits per heavy atom. The van der Waals surface area contributed by atoms with Crippen molar-refractivity contribution < 1.29 is 32.9 Å². The minimum Gasteiger partial charge on any atom is -0.387 e. The van der Waals surface area contributed by atoms with Crippen LogP contribution in [0.1, 0.15) is 226 Å². The van der Waals surface area contributed by atoms with E-state index in [1.54, 1.807) is 6.08 Å². The summed E-state index contributed by atoms with van der Waals surface area (Å²) in [5, 5.41) is 13.9. The van der Waals surface area contributed by atoms with E-state index < -0.39 is 20.0 Å². The van der Waals surface area contributed by atoms with E-state index in [4.69, 9.17) is 9.05 Å². The Morgan fingerprint density at radius 2 is 0.884 bits per heavy atom. The second-order valence-electron chi connectivity index (χ2n) is 19.9. The van der Waals surface area contributed by atoms with Crippen LogP contribution >= 0.6 is 7.82 Å². The number of likely N-dealkylation sites (N-methyl/N-ethyl adjacent to an activating group) is 1. The van der Waals surface area contributed by atoms with Gasteiger partial charge in [0.05, 0.1) is 39.9 Å². The van der Waals surface area contributed by atoms with Crippen molar-refractivity contribution in [1.29, 1.82) is 0 Å². The van der Waals surface area contributed by atoms with Crippen LogP contribution in [-0.4, -0.2) is 73.4 Å². The third-order valence-corrected chi connectivity index (χ3v) is 13.0. The van der Waals surface area contributed by atoms with E-state index in [0.29, 0.717) is 17.4 Å². The van der Waals surface area contributed by atoms with Gasteiger partial charge in [0.15, 0.2) is 0 Å². The first kappa shape index (κ1) is 66.4. The van der Waals surface area contributed by atoms with E-state index in [-0.39, 0.29) is 19.1 Å². The van der Waals surface area contributed by atoms with Gasteiger partial charge in [-0.3, -0.25) is 13.8 Å².